The molecule has 0 saturated heterocycles. The quantitative estimate of drug-likeness (QED) is 0.708. The molecule has 2 aromatic carbocycles. The van der Waals surface area contributed by atoms with E-state index in [1.54, 1.807) is 6.07 Å². The third-order valence-electron chi connectivity index (χ3n) is 3.40. The van der Waals surface area contributed by atoms with Crippen molar-refractivity contribution in [3.05, 3.63) is 53.1 Å². The van der Waals surface area contributed by atoms with E-state index in [1.165, 1.54) is 16.9 Å². The summed E-state index contributed by atoms with van der Waals surface area (Å²) in [5.41, 5.74) is 10.2. The molecule has 0 unspecified atom stereocenters. The van der Waals surface area contributed by atoms with E-state index in [-0.39, 0.29) is 5.91 Å². The van der Waals surface area contributed by atoms with E-state index in [9.17, 15) is 4.79 Å². The number of nitrogens with one attached hydrogen (secondary N) is 1. The number of carbonyl (C=O) groups excluding carboxylic acids is 1. The van der Waals surface area contributed by atoms with Crippen molar-refractivity contribution >= 4 is 38.3 Å². The van der Waals surface area contributed by atoms with E-state index < -0.39 is 0 Å². The van der Waals surface area contributed by atoms with Crippen LogP contribution in [0.15, 0.2) is 36.4 Å². The Balaban J connectivity index is 1.87. The summed E-state index contributed by atoms with van der Waals surface area (Å²) in [6, 6.07) is 11.2. The Bertz CT molecular complexity index is 839. The Morgan fingerprint density at radius 1 is 1.14 bits per heavy atom. The Kier molecular flexibility index (Phi) is 3.35. The number of nitrogen functional groups attached to an aromatic ring is 1. The zero-order valence-corrected chi connectivity index (χ0v) is 12.6. The number of amides is 1. The summed E-state index contributed by atoms with van der Waals surface area (Å²) in [4.78, 5) is 16.6. The maximum atomic E-state index is 12.3. The van der Waals surface area contributed by atoms with Crippen molar-refractivity contribution in [2.24, 2.45) is 0 Å². The predicted octanol–water partition coefficient (Wildman–Crippen LogP) is 3.75. The molecule has 0 spiro atoms. The molecular weight excluding hydrogens is 282 g/mol. The minimum atomic E-state index is -0.148. The van der Waals surface area contributed by atoms with Gasteiger partial charge in [-0.1, -0.05) is 17.4 Å². The van der Waals surface area contributed by atoms with Gasteiger partial charge in [0.15, 0.2) is 5.13 Å². The van der Waals surface area contributed by atoms with Crippen molar-refractivity contribution < 1.29 is 4.79 Å². The second kappa shape index (κ2) is 5.18. The summed E-state index contributed by atoms with van der Waals surface area (Å²) in [6.45, 7) is 4.02. The Morgan fingerprint density at radius 2 is 1.95 bits per heavy atom. The number of nitrogens with zero attached hydrogens (tertiary/aromatic N) is 1. The first-order valence-corrected chi connectivity index (χ1v) is 7.39. The first kappa shape index (κ1) is 13.6. The van der Waals surface area contributed by atoms with Gasteiger partial charge in [-0.25, -0.2) is 4.98 Å². The minimum absolute atomic E-state index is 0.148. The third-order valence-corrected chi connectivity index (χ3v) is 4.34. The number of rotatable bonds is 2. The highest BCUT2D eigenvalue weighted by molar-refractivity contribution is 7.22. The third kappa shape index (κ3) is 2.73. The topological polar surface area (TPSA) is 68.0 Å². The van der Waals surface area contributed by atoms with Crippen LogP contribution in [0, 0.1) is 13.8 Å². The Labute approximate surface area is 126 Å². The van der Waals surface area contributed by atoms with Gasteiger partial charge in [0.25, 0.3) is 5.91 Å². The van der Waals surface area contributed by atoms with Gasteiger partial charge in [0.1, 0.15) is 0 Å². The number of aromatic nitrogens is 1. The summed E-state index contributed by atoms with van der Waals surface area (Å²) < 4.78 is 0.963. The fourth-order valence-corrected chi connectivity index (χ4v) is 2.96. The van der Waals surface area contributed by atoms with E-state index in [2.05, 4.69) is 10.3 Å². The van der Waals surface area contributed by atoms with E-state index in [0.717, 1.165) is 15.8 Å². The van der Waals surface area contributed by atoms with Crippen molar-refractivity contribution in [3.8, 4) is 0 Å². The summed E-state index contributed by atoms with van der Waals surface area (Å²) in [7, 11) is 0. The van der Waals surface area contributed by atoms with Gasteiger partial charge >= 0.3 is 0 Å². The van der Waals surface area contributed by atoms with Gasteiger partial charge in [-0.15, -0.1) is 0 Å². The van der Waals surface area contributed by atoms with E-state index in [0.29, 0.717) is 16.4 Å². The molecule has 1 amide bonds. The van der Waals surface area contributed by atoms with Crippen LogP contribution in [0.5, 0.6) is 0 Å². The maximum absolute atomic E-state index is 12.3. The second-order valence-electron chi connectivity index (χ2n) is 5.00. The predicted molar refractivity (Wildman–Crippen MR) is 87.9 cm³/mol. The molecule has 21 heavy (non-hydrogen) atoms. The fourth-order valence-electron chi connectivity index (χ4n) is 2.05. The molecule has 0 fully saturated rings. The van der Waals surface area contributed by atoms with Gasteiger partial charge in [-0.2, -0.15) is 0 Å². The molecule has 1 aromatic heterocycles. The number of aryl methyl sites for hydroxylation is 2. The molecule has 3 N–H and O–H groups in total. The standard InChI is InChI=1S/C16H15N3OS/c1-9-3-4-11(7-10(9)2)15(20)19-16-18-13-6-5-12(17)8-14(13)21-16/h3-8H,17H2,1-2H3,(H,18,19,20). The monoisotopic (exact) mass is 297 g/mol. The second-order valence-corrected chi connectivity index (χ2v) is 6.03. The molecule has 0 aliphatic carbocycles. The normalized spacial score (nSPS) is 10.8. The zero-order chi connectivity index (χ0) is 15.0. The molecule has 0 atom stereocenters. The van der Waals surface area contributed by atoms with Crippen LogP contribution in [-0.2, 0) is 0 Å². The van der Waals surface area contributed by atoms with Crippen molar-refractivity contribution in [2.45, 2.75) is 13.8 Å². The van der Waals surface area contributed by atoms with Crippen molar-refractivity contribution in [3.63, 3.8) is 0 Å². The van der Waals surface area contributed by atoms with Crippen LogP contribution < -0.4 is 11.1 Å². The zero-order valence-electron chi connectivity index (χ0n) is 11.8. The molecule has 4 nitrogen and oxygen atoms in total. The van der Waals surface area contributed by atoms with Crippen LogP contribution in [0.3, 0.4) is 0 Å². The highest BCUT2D eigenvalue weighted by Crippen LogP contribution is 2.27. The van der Waals surface area contributed by atoms with Gasteiger partial charge < -0.3 is 5.73 Å². The molecule has 0 saturated carbocycles. The number of hydrogen-bond donors (Lipinski definition) is 2. The van der Waals surface area contributed by atoms with Gasteiger partial charge in [-0.3, -0.25) is 10.1 Å². The van der Waals surface area contributed by atoms with Gasteiger partial charge in [-0.05, 0) is 55.3 Å². The molecule has 3 aromatic rings. The SMILES string of the molecule is Cc1ccc(C(=O)Nc2nc3ccc(N)cc3s2)cc1C. The van der Waals surface area contributed by atoms with Crippen molar-refractivity contribution in [1.29, 1.82) is 0 Å². The largest absolute Gasteiger partial charge is 0.399 e. The lowest BCUT2D eigenvalue weighted by atomic mass is 10.1. The number of nitrogens with two attached hydrogens (primary N) is 1. The highest BCUT2D eigenvalue weighted by atomic mass is 32.1. The highest BCUT2D eigenvalue weighted by Gasteiger charge is 2.10. The number of thiazole rings is 1. The summed E-state index contributed by atoms with van der Waals surface area (Å²) >= 11 is 1.42. The van der Waals surface area contributed by atoms with Crippen molar-refractivity contribution in [2.75, 3.05) is 11.1 Å². The van der Waals surface area contributed by atoms with Crippen LogP contribution in [0.2, 0.25) is 0 Å². The molecule has 0 aliphatic rings. The first-order valence-electron chi connectivity index (χ1n) is 6.57. The summed E-state index contributed by atoms with van der Waals surface area (Å²) in [5, 5.41) is 3.42. The lowest BCUT2D eigenvalue weighted by Gasteiger charge is -2.04. The first-order chi connectivity index (χ1) is 10.0. The number of anilines is 2. The summed E-state index contributed by atoms with van der Waals surface area (Å²) in [6.07, 6.45) is 0. The maximum Gasteiger partial charge on any atom is 0.257 e. The average molecular weight is 297 g/mol. The summed E-state index contributed by atoms with van der Waals surface area (Å²) in [5.74, 6) is -0.148. The molecular formula is C16H15N3OS. The smallest absolute Gasteiger partial charge is 0.257 e. The average Bonchev–Trinajstić information content (AvgIpc) is 2.83. The number of hydrogen-bond acceptors (Lipinski definition) is 4. The number of benzene rings is 2. The van der Waals surface area contributed by atoms with Crippen LogP contribution >= 0.6 is 11.3 Å². The minimum Gasteiger partial charge on any atom is -0.399 e. The van der Waals surface area contributed by atoms with E-state index in [4.69, 9.17) is 5.73 Å². The van der Waals surface area contributed by atoms with Gasteiger partial charge in [0, 0.05) is 11.3 Å². The molecule has 0 radical (unpaired) electrons. The molecule has 0 aliphatic heterocycles. The molecule has 5 heteroatoms. The molecule has 0 bridgehead atoms. The van der Waals surface area contributed by atoms with Crippen LogP contribution in [0.4, 0.5) is 10.8 Å². The van der Waals surface area contributed by atoms with E-state index >= 15 is 0 Å². The van der Waals surface area contributed by atoms with Crippen LogP contribution in [0.1, 0.15) is 21.5 Å². The van der Waals surface area contributed by atoms with Crippen LogP contribution in [-0.4, -0.2) is 10.9 Å². The Morgan fingerprint density at radius 3 is 2.71 bits per heavy atom. The van der Waals surface area contributed by atoms with E-state index in [1.807, 2.05) is 44.2 Å². The van der Waals surface area contributed by atoms with Gasteiger partial charge in [0.05, 0.1) is 10.2 Å². The number of fused-ring (bicyclic) bond motifs is 1. The number of carbonyl (C=O) groups is 1. The molecule has 1 heterocycles. The van der Waals surface area contributed by atoms with Gasteiger partial charge in [0.2, 0.25) is 0 Å². The van der Waals surface area contributed by atoms with Crippen molar-refractivity contribution in [1.82, 2.24) is 4.98 Å². The molecule has 3 rings (SSSR count). The fraction of sp³-hybridized carbons (Fsp3) is 0.125. The molecule has 106 valence electrons. The lowest BCUT2D eigenvalue weighted by Crippen LogP contribution is -2.11. The lowest BCUT2D eigenvalue weighted by molar-refractivity contribution is 0.102. The Hall–Kier alpha value is -2.40. The van der Waals surface area contributed by atoms with Crippen LogP contribution in [0.25, 0.3) is 10.2 Å².